The molecule has 0 aromatic heterocycles. The van der Waals surface area contributed by atoms with Crippen LogP contribution in [0.1, 0.15) is 12.5 Å². The summed E-state index contributed by atoms with van der Waals surface area (Å²) in [5.74, 6) is 0. The second-order valence-corrected chi connectivity index (χ2v) is 3.98. The number of nitrogens with one attached hydrogen (secondary N) is 1. The first kappa shape index (κ1) is 9.46. The molecule has 1 unspecified atom stereocenters. The van der Waals surface area contributed by atoms with E-state index >= 15 is 0 Å². The molecule has 0 heterocycles. The molecule has 0 amide bonds. The summed E-state index contributed by atoms with van der Waals surface area (Å²) in [7, 11) is 0. The van der Waals surface area contributed by atoms with Crippen molar-refractivity contribution in [3.8, 4) is 0 Å². The monoisotopic (exact) mass is 181 g/mol. The van der Waals surface area contributed by atoms with Crippen molar-refractivity contribution < 1.29 is 0 Å². The van der Waals surface area contributed by atoms with Crippen LogP contribution < -0.4 is 5.32 Å². The van der Waals surface area contributed by atoms with Crippen molar-refractivity contribution >= 4 is 18.3 Å². The Labute approximate surface area is 79.6 Å². The molecule has 0 bridgehead atoms. The molecule has 0 aliphatic heterocycles. The zero-order chi connectivity index (χ0) is 8.97. The van der Waals surface area contributed by atoms with Gasteiger partial charge in [-0.1, -0.05) is 24.6 Å². The molecule has 0 radical (unpaired) electrons. The summed E-state index contributed by atoms with van der Waals surface area (Å²) < 4.78 is 0. The summed E-state index contributed by atoms with van der Waals surface area (Å²) >= 11 is 4.29. The second-order valence-electron chi connectivity index (χ2n) is 3.10. The highest BCUT2D eigenvalue weighted by Crippen LogP contribution is 2.08. The van der Waals surface area contributed by atoms with E-state index in [9.17, 15) is 0 Å². The van der Waals surface area contributed by atoms with Crippen LogP contribution in [0.25, 0.3) is 0 Å². The standard InChI is InChI=1S/C10H15NS/c1-8-3-5-10(6-4-8)11-7-9(2)12/h3-6,9,11-12H,7H2,1-2H3. The Morgan fingerprint density at radius 3 is 2.42 bits per heavy atom. The lowest BCUT2D eigenvalue weighted by molar-refractivity contribution is 1.01. The van der Waals surface area contributed by atoms with Crippen molar-refractivity contribution in [2.45, 2.75) is 19.1 Å². The number of aryl methyl sites for hydroxylation is 1. The molecule has 1 atom stereocenters. The van der Waals surface area contributed by atoms with Crippen molar-refractivity contribution in [2.24, 2.45) is 0 Å². The Hall–Kier alpha value is -0.630. The van der Waals surface area contributed by atoms with Crippen LogP contribution >= 0.6 is 12.6 Å². The van der Waals surface area contributed by atoms with Crippen LogP contribution in [0.5, 0.6) is 0 Å². The summed E-state index contributed by atoms with van der Waals surface area (Å²) in [6.07, 6.45) is 0. The lowest BCUT2D eigenvalue weighted by Gasteiger charge is -2.07. The normalized spacial score (nSPS) is 12.6. The minimum absolute atomic E-state index is 0.395. The molecule has 0 saturated heterocycles. The van der Waals surface area contributed by atoms with Crippen LogP contribution in [0.2, 0.25) is 0 Å². The van der Waals surface area contributed by atoms with Gasteiger partial charge < -0.3 is 5.32 Å². The molecule has 0 aliphatic rings. The van der Waals surface area contributed by atoms with E-state index in [4.69, 9.17) is 0 Å². The van der Waals surface area contributed by atoms with Crippen LogP contribution in [-0.2, 0) is 0 Å². The van der Waals surface area contributed by atoms with E-state index < -0.39 is 0 Å². The van der Waals surface area contributed by atoms with Gasteiger partial charge in [0.1, 0.15) is 0 Å². The van der Waals surface area contributed by atoms with Gasteiger partial charge in [-0.05, 0) is 19.1 Å². The first-order valence-corrected chi connectivity index (χ1v) is 4.69. The molecular formula is C10H15NS. The highest BCUT2D eigenvalue weighted by Gasteiger charge is 1.94. The molecule has 1 rings (SSSR count). The Morgan fingerprint density at radius 1 is 1.33 bits per heavy atom. The Kier molecular flexibility index (Phi) is 3.48. The SMILES string of the molecule is Cc1ccc(NCC(C)S)cc1. The minimum atomic E-state index is 0.395. The fraction of sp³-hybridized carbons (Fsp3) is 0.400. The summed E-state index contributed by atoms with van der Waals surface area (Å²) in [6, 6.07) is 8.38. The second kappa shape index (κ2) is 4.41. The van der Waals surface area contributed by atoms with E-state index in [0.717, 1.165) is 6.54 Å². The number of hydrogen-bond acceptors (Lipinski definition) is 2. The molecule has 0 aliphatic carbocycles. The summed E-state index contributed by atoms with van der Waals surface area (Å²) in [4.78, 5) is 0. The molecule has 0 spiro atoms. The zero-order valence-corrected chi connectivity index (χ0v) is 8.44. The van der Waals surface area contributed by atoms with Crippen LogP contribution in [0.15, 0.2) is 24.3 Å². The Balaban J connectivity index is 2.48. The van der Waals surface area contributed by atoms with Crippen LogP contribution in [0.3, 0.4) is 0 Å². The average molecular weight is 181 g/mol. The van der Waals surface area contributed by atoms with E-state index in [2.05, 4.69) is 56.1 Å². The van der Waals surface area contributed by atoms with Crippen molar-refractivity contribution in [1.29, 1.82) is 0 Å². The first-order chi connectivity index (χ1) is 5.68. The van der Waals surface area contributed by atoms with E-state index in [0.29, 0.717) is 5.25 Å². The van der Waals surface area contributed by atoms with Gasteiger partial charge in [-0.25, -0.2) is 0 Å². The largest absolute Gasteiger partial charge is 0.384 e. The van der Waals surface area contributed by atoms with Gasteiger partial charge in [-0.3, -0.25) is 0 Å². The molecule has 1 aromatic rings. The van der Waals surface area contributed by atoms with E-state index in [1.54, 1.807) is 0 Å². The predicted octanol–water partition coefficient (Wildman–Crippen LogP) is 2.73. The van der Waals surface area contributed by atoms with Crippen molar-refractivity contribution in [1.82, 2.24) is 0 Å². The topological polar surface area (TPSA) is 12.0 Å². The number of hydrogen-bond donors (Lipinski definition) is 2. The van der Waals surface area contributed by atoms with Gasteiger partial charge >= 0.3 is 0 Å². The minimum Gasteiger partial charge on any atom is -0.384 e. The maximum atomic E-state index is 4.29. The van der Waals surface area contributed by atoms with Crippen molar-refractivity contribution in [3.05, 3.63) is 29.8 Å². The van der Waals surface area contributed by atoms with Crippen LogP contribution in [0, 0.1) is 6.92 Å². The van der Waals surface area contributed by atoms with Crippen LogP contribution in [-0.4, -0.2) is 11.8 Å². The van der Waals surface area contributed by atoms with Gasteiger partial charge in [-0.15, -0.1) is 0 Å². The van der Waals surface area contributed by atoms with Gasteiger partial charge in [0.2, 0.25) is 0 Å². The average Bonchev–Trinajstić information content (AvgIpc) is 2.03. The molecule has 66 valence electrons. The van der Waals surface area contributed by atoms with E-state index in [-0.39, 0.29) is 0 Å². The summed E-state index contributed by atoms with van der Waals surface area (Å²) in [6.45, 7) is 5.07. The Bertz CT molecular complexity index is 228. The van der Waals surface area contributed by atoms with Gasteiger partial charge in [0.15, 0.2) is 0 Å². The first-order valence-electron chi connectivity index (χ1n) is 4.17. The molecule has 1 aromatic carbocycles. The van der Waals surface area contributed by atoms with E-state index in [1.165, 1.54) is 11.3 Å². The maximum Gasteiger partial charge on any atom is 0.0340 e. The lowest BCUT2D eigenvalue weighted by atomic mass is 10.2. The van der Waals surface area contributed by atoms with Crippen molar-refractivity contribution in [3.63, 3.8) is 0 Å². The molecular weight excluding hydrogens is 166 g/mol. The lowest BCUT2D eigenvalue weighted by Crippen LogP contribution is -2.10. The summed E-state index contributed by atoms with van der Waals surface area (Å²) in [5.41, 5.74) is 2.46. The molecule has 0 fully saturated rings. The summed E-state index contributed by atoms with van der Waals surface area (Å²) in [5, 5.41) is 3.69. The Morgan fingerprint density at radius 2 is 1.92 bits per heavy atom. The molecule has 12 heavy (non-hydrogen) atoms. The molecule has 1 nitrogen and oxygen atoms in total. The highest BCUT2D eigenvalue weighted by molar-refractivity contribution is 7.80. The predicted molar refractivity (Wildman–Crippen MR) is 58.1 cm³/mol. The molecule has 1 N–H and O–H groups in total. The quantitative estimate of drug-likeness (QED) is 0.683. The fourth-order valence-corrected chi connectivity index (χ4v) is 1.03. The third-order valence-corrected chi connectivity index (χ3v) is 1.84. The highest BCUT2D eigenvalue weighted by atomic mass is 32.1. The van der Waals surface area contributed by atoms with E-state index in [1.807, 2.05) is 0 Å². The zero-order valence-electron chi connectivity index (χ0n) is 7.54. The fourth-order valence-electron chi connectivity index (χ4n) is 0.937. The van der Waals surface area contributed by atoms with Gasteiger partial charge in [0.25, 0.3) is 0 Å². The van der Waals surface area contributed by atoms with Gasteiger partial charge in [0, 0.05) is 17.5 Å². The van der Waals surface area contributed by atoms with Crippen LogP contribution in [0.4, 0.5) is 5.69 Å². The third kappa shape index (κ3) is 3.18. The van der Waals surface area contributed by atoms with Gasteiger partial charge in [-0.2, -0.15) is 12.6 Å². The maximum absolute atomic E-state index is 4.29. The smallest absolute Gasteiger partial charge is 0.0340 e. The molecule has 0 saturated carbocycles. The number of anilines is 1. The number of rotatable bonds is 3. The van der Waals surface area contributed by atoms with Gasteiger partial charge in [0.05, 0.1) is 0 Å². The number of thiol groups is 1. The number of benzene rings is 1. The molecule has 2 heteroatoms. The van der Waals surface area contributed by atoms with Crippen molar-refractivity contribution in [2.75, 3.05) is 11.9 Å². The third-order valence-electron chi connectivity index (χ3n) is 1.65.